The van der Waals surface area contributed by atoms with Gasteiger partial charge in [-0.25, -0.2) is 4.98 Å². The van der Waals surface area contributed by atoms with Crippen LogP contribution in [0.25, 0.3) is 11.1 Å². The van der Waals surface area contributed by atoms with Crippen molar-refractivity contribution in [2.75, 3.05) is 13.1 Å². The maximum atomic E-state index is 5.60. The molecule has 0 bridgehead atoms. The van der Waals surface area contributed by atoms with Crippen molar-refractivity contribution in [3.63, 3.8) is 0 Å². The summed E-state index contributed by atoms with van der Waals surface area (Å²) in [5, 5.41) is 3.54. The predicted octanol–water partition coefficient (Wildman–Crippen LogP) is 2.40. The van der Waals surface area contributed by atoms with E-state index in [0.717, 1.165) is 30.5 Å². The van der Waals surface area contributed by atoms with E-state index in [1.165, 1.54) is 5.56 Å². The zero-order valence-electron chi connectivity index (χ0n) is 12.0. The van der Waals surface area contributed by atoms with Crippen LogP contribution in [0.3, 0.4) is 0 Å². The maximum absolute atomic E-state index is 5.60. The van der Waals surface area contributed by atoms with Crippen LogP contribution in [0.5, 0.6) is 0 Å². The monoisotopic (exact) mass is 261 g/mol. The molecule has 1 aromatic carbocycles. The molecule has 2 rings (SSSR count). The van der Waals surface area contributed by atoms with Gasteiger partial charge in [0.25, 0.3) is 0 Å². The van der Waals surface area contributed by atoms with Crippen molar-refractivity contribution in [3.05, 3.63) is 29.7 Å². The number of aryl methyl sites for hydroxylation is 1. The third kappa shape index (κ3) is 3.78. The molecule has 1 aromatic heterocycles. The molecule has 104 valence electrons. The molecule has 0 amide bonds. The Kier molecular flexibility index (Phi) is 4.22. The largest absolute Gasteiger partial charge is 0.441 e. The molecule has 0 aliphatic heterocycles. The molecule has 0 aliphatic rings. The molecule has 0 unspecified atom stereocenters. The van der Waals surface area contributed by atoms with Gasteiger partial charge in [-0.05, 0) is 57.5 Å². The summed E-state index contributed by atoms with van der Waals surface area (Å²) in [5.74, 6) is 0.717. The van der Waals surface area contributed by atoms with Gasteiger partial charge < -0.3 is 15.5 Å². The third-order valence-electron chi connectivity index (χ3n) is 3.35. The van der Waals surface area contributed by atoms with E-state index in [1.807, 2.05) is 13.0 Å². The van der Waals surface area contributed by atoms with Gasteiger partial charge in [0.15, 0.2) is 11.5 Å². The Hall–Kier alpha value is -1.39. The van der Waals surface area contributed by atoms with E-state index in [2.05, 4.69) is 36.3 Å². The number of nitrogens with zero attached hydrogens (tertiary/aromatic N) is 1. The molecule has 0 aliphatic carbocycles. The number of benzene rings is 1. The molecule has 2 aromatic rings. The Morgan fingerprint density at radius 3 is 2.89 bits per heavy atom. The molecule has 0 saturated heterocycles. The van der Waals surface area contributed by atoms with Gasteiger partial charge in [0.05, 0.1) is 0 Å². The summed E-state index contributed by atoms with van der Waals surface area (Å²) in [6, 6.07) is 6.20. The molecule has 0 fully saturated rings. The highest BCUT2D eigenvalue weighted by molar-refractivity contribution is 5.73. The van der Waals surface area contributed by atoms with Crippen molar-refractivity contribution in [1.82, 2.24) is 10.3 Å². The van der Waals surface area contributed by atoms with Crippen LogP contribution in [0.1, 0.15) is 31.7 Å². The summed E-state index contributed by atoms with van der Waals surface area (Å²) < 4.78 is 5.47. The van der Waals surface area contributed by atoms with Crippen LogP contribution >= 0.6 is 0 Å². The van der Waals surface area contributed by atoms with Crippen molar-refractivity contribution in [3.8, 4) is 0 Å². The number of nitrogens with two attached hydrogens (primary N) is 1. The smallest absolute Gasteiger partial charge is 0.192 e. The molecule has 0 radical (unpaired) electrons. The van der Waals surface area contributed by atoms with Crippen LogP contribution in [0.15, 0.2) is 22.6 Å². The summed E-state index contributed by atoms with van der Waals surface area (Å²) >= 11 is 0. The van der Waals surface area contributed by atoms with Crippen LogP contribution in [0, 0.1) is 6.92 Å². The zero-order chi connectivity index (χ0) is 13.9. The summed E-state index contributed by atoms with van der Waals surface area (Å²) in [4.78, 5) is 4.36. The molecule has 1 heterocycles. The molecule has 19 heavy (non-hydrogen) atoms. The fourth-order valence-corrected chi connectivity index (χ4v) is 2.24. The minimum absolute atomic E-state index is 0.101. The summed E-state index contributed by atoms with van der Waals surface area (Å²) in [6.45, 7) is 7.89. The quantitative estimate of drug-likeness (QED) is 0.838. The van der Waals surface area contributed by atoms with Crippen molar-refractivity contribution >= 4 is 11.1 Å². The first-order valence-electron chi connectivity index (χ1n) is 6.81. The topological polar surface area (TPSA) is 64.1 Å². The van der Waals surface area contributed by atoms with E-state index in [0.29, 0.717) is 12.4 Å². The SMILES string of the molecule is Cc1nc2cc(CCNC(C)(C)CCN)ccc2o1. The highest BCUT2D eigenvalue weighted by atomic mass is 16.3. The fourth-order valence-electron chi connectivity index (χ4n) is 2.24. The van der Waals surface area contributed by atoms with Crippen molar-refractivity contribution in [2.24, 2.45) is 5.73 Å². The maximum Gasteiger partial charge on any atom is 0.192 e. The number of nitrogens with one attached hydrogen (secondary N) is 1. The number of fused-ring (bicyclic) bond motifs is 1. The number of rotatable bonds is 6. The second-order valence-electron chi connectivity index (χ2n) is 5.63. The lowest BCUT2D eigenvalue weighted by Crippen LogP contribution is -2.41. The van der Waals surface area contributed by atoms with Gasteiger partial charge in [0, 0.05) is 12.5 Å². The highest BCUT2D eigenvalue weighted by Crippen LogP contribution is 2.17. The second-order valence-corrected chi connectivity index (χ2v) is 5.63. The molecular weight excluding hydrogens is 238 g/mol. The van der Waals surface area contributed by atoms with Crippen LogP contribution in [-0.4, -0.2) is 23.6 Å². The first-order valence-corrected chi connectivity index (χ1v) is 6.81. The van der Waals surface area contributed by atoms with E-state index in [9.17, 15) is 0 Å². The summed E-state index contributed by atoms with van der Waals surface area (Å²) in [6.07, 6.45) is 1.96. The molecule has 0 atom stereocenters. The van der Waals surface area contributed by atoms with Gasteiger partial charge in [0.1, 0.15) is 5.52 Å². The van der Waals surface area contributed by atoms with Gasteiger partial charge in [-0.15, -0.1) is 0 Å². The number of hydrogen-bond donors (Lipinski definition) is 2. The molecule has 0 spiro atoms. The molecular formula is C15H23N3O. The Bertz CT molecular complexity index is 545. The normalized spacial score (nSPS) is 12.2. The molecule has 4 nitrogen and oxygen atoms in total. The van der Waals surface area contributed by atoms with Gasteiger partial charge in [0.2, 0.25) is 0 Å². The van der Waals surface area contributed by atoms with E-state index in [4.69, 9.17) is 10.2 Å². The van der Waals surface area contributed by atoms with E-state index in [1.54, 1.807) is 0 Å². The van der Waals surface area contributed by atoms with Crippen LogP contribution in [0.4, 0.5) is 0 Å². The summed E-state index contributed by atoms with van der Waals surface area (Å²) in [5.41, 5.74) is 8.78. The van der Waals surface area contributed by atoms with Crippen LogP contribution in [-0.2, 0) is 6.42 Å². The van der Waals surface area contributed by atoms with Crippen LogP contribution in [0.2, 0.25) is 0 Å². The fraction of sp³-hybridized carbons (Fsp3) is 0.533. The van der Waals surface area contributed by atoms with Gasteiger partial charge in [-0.1, -0.05) is 6.07 Å². The Morgan fingerprint density at radius 2 is 2.16 bits per heavy atom. The van der Waals surface area contributed by atoms with Crippen LogP contribution < -0.4 is 11.1 Å². The minimum atomic E-state index is 0.101. The first kappa shape index (κ1) is 14.0. The Morgan fingerprint density at radius 1 is 1.37 bits per heavy atom. The van der Waals surface area contributed by atoms with Gasteiger partial charge in [-0.3, -0.25) is 0 Å². The van der Waals surface area contributed by atoms with E-state index >= 15 is 0 Å². The predicted molar refractivity (Wildman–Crippen MR) is 78.2 cm³/mol. The minimum Gasteiger partial charge on any atom is -0.441 e. The molecule has 0 saturated carbocycles. The molecule has 3 N–H and O–H groups in total. The first-order chi connectivity index (χ1) is 9.00. The van der Waals surface area contributed by atoms with E-state index in [-0.39, 0.29) is 5.54 Å². The average molecular weight is 261 g/mol. The Balaban J connectivity index is 1.94. The van der Waals surface area contributed by atoms with Gasteiger partial charge >= 0.3 is 0 Å². The van der Waals surface area contributed by atoms with Crippen molar-refractivity contribution in [1.29, 1.82) is 0 Å². The lowest BCUT2D eigenvalue weighted by molar-refractivity contribution is 0.370. The standard InChI is InChI=1S/C15H23N3O/c1-11-18-13-10-12(4-5-14(13)19-11)6-9-17-15(2,3)7-8-16/h4-5,10,17H,6-9,16H2,1-3H3. The lowest BCUT2D eigenvalue weighted by Gasteiger charge is -2.25. The zero-order valence-corrected chi connectivity index (χ0v) is 12.0. The number of aromatic nitrogens is 1. The lowest BCUT2D eigenvalue weighted by atomic mass is 10.0. The molecule has 4 heteroatoms. The van der Waals surface area contributed by atoms with Gasteiger partial charge in [-0.2, -0.15) is 0 Å². The Labute approximate surface area is 114 Å². The summed E-state index contributed by atoms with van der Waals surface area (Å²) in [7, 11) is 0. The highest BCUT2D eigenvalue weighted by Gasteiger charge is 2.14. The second kappa shape index (κ2) is 5.72. The van der Waals surface area contributed by atoms with Crippen molar-refractivity contribution < 1.29 is 4.42 Å². The third-order valence-corrected chi connectivity index (χ3v) is 3.35. The van der Waals surface area contributed by atoms with E-state index < -0.39 is 0 Å². The average Bonchev–Trinajstić information content (AvgIpc) is 2.68. The number of oxazole rings is 1. The van der Waals surface area contributed by atoms with Crippen molar-refractivity contribution in [2.45, 2.75) is 39.2 Å². The number of hydrogen-bond acceptors (Lipinski definition) is 4.